The fourth-order valence-corrected chi connectivity index (χ4v) is 4.17. The molecule has 7 heteroatoms. The fraction of sp³-hybridized carbons (Fsp3) is 0.423. The van der Waals surface area contributed by atoms with E-state index in [2.05, 4.69) is 26.0 Å². The van der Waals surface area contributed by atoms with Gasteiger partial charge in [0.1, 0.15) is 5.75 Å². The number of benzene rings is 1. The van der Waals surface area contributed by atoms with Gasteiger partial charge < -0.3 is 9.84 Å². The highest BCUT2D eigenvalue weighted by Crippen LogP contribution is 2.43. The molecule has 180 valence electrons. The molecular formula is C26H31F3O3S. The highest BCUT2D eigenvalue weighted by atomic mass is 32.1. The Kier molecular flexibility index (Phi) is 9.35. The van der Waals surface area contributed by atoms with E-state index in [0.717, 1.165) is 33.2 Å². The van der Waals surface area contributed by atoms with Crippen molar-refractivity contribution in [3.8, 4) is 16.9 Å². The molecule has 0 atom stereocenters. The molecule has 3 nitrogen and oxygen atoms in total. The lowest BCUT2D eigenvalue weighted by atomic mass is 9.89. The first-order valence-electron chi connectivity index (χ1n) is 10.9. The van der Waals surface area contributed by atoms with Gasteiger partial charge in [0.15, 0.2) is 0 Å². The fourth-order valence-electron chi connectivity index (χ4n) is 3.37. The maximum Gasteiger partial charge on any atom is 0.389 e. The summed E-state index contributed by atoms with van der Waals surface area (Å²) in [6.45, 7) is 9.97. The Morgan fingerprint density at radius 2 is 1.85 bits per heavy atom. The van der Waals surface area contributed by atoms with Gasteiger partial charge >= 0.3 is 12.1 Å². The molecule has 0 aliphatic carbocycles. The maximum atomic E-state index is 12.6. The number of halogens is 3. The lowest BCUT2D eigenvalue weighted by molar-refractivity contribution is -0.136. The number of aliphatic carboxylic acids is 1. The molecule has 0 spiro atoms. The van der Waals surface area contributed by atoms with Crippen molar-refractivity contribution in [3.05, 3.63) is 57.3 Å². The van der Waals surface area contributed by atoms with Crippen molar-refractivity contribution in [2.75, 3.05) is 6.61 Å². The van der Waals surface area contributed by atoms with E-state index in [1.54, 1.807) is 13.0 Å². The summed E-state index contributed by atoms with van der Waals surface area (Å²) in [4.78, 5) is 11.8. The van der Waals surface area contributed by atoms with Crippen LogP contribution in [0.25, 0.3) is 17.2 Å². The summed E-state index contributed by atoms with van der Waals surface area (Å²) < 4.78 is 43.8. The predicted octanol–water partition coefficient (Wildman–Crippen LogP) is 8.43. The second-order valence-corrected chi connectivity index (χ2v) is 9.57. The van der Waals surface area contributed by atoms with E-state index in [1.807, 2.05) is 31.4 Å². The van der Waals surface area contributed by atoms with Crippen molar-refractivity contribution in [3.63, 3.8) is 0 Å². The Morgan fingerprint density at radius 3 is 2.42 bits per heavy atom. The average molecular weight is 481 g/mol. The highest BCUT2D eigenvalue weighted by molar-refractivity contribution is 7.11. The number of hydrogen-bond acceptors (Lipinski definition) is 3. The number of hydrogen-bond donors (Lipinski definition) is 1. The van der Waals surface area contributed by atoms with Crippen LogP contribution in [0.3, 0.4) is 0 Å². The van der Waals surface area contributed by atoms with Crippen LogP contribution < -0.4 is 4.74 Å². The normalized spacial score (nSPS) is 12.8. The number of carbonyl (C=O) groups is 1. The van der Waals surface area contributed by atoms with Gasteiger partial charge in [-0.05, 0) is 65.5 Å². The molecule has 2 rings (SSSR count). The van der Waals surface area contributed by atoms with Crippen LogP contribution >= 0.6 is 11.3 Å². The van der Waals surface area contributed by atoms with Gasteiger partial charge in [-0.25, -0.2) is 4.79 Å². The molecule has 0 bridgehead atoms. The molecule has 0 saturated carbocycles. The van der Waals surface area contributed by atoms with E-state index < -0.39 is 18.6 Å². The minimum Gasteiger partial charge on any atom is -0.493 e. The monoisotopic (exact) mass is 480 g/mol. The predicted molar refractivity (Wildman–Crippen MR) is 129 cm³/mol. The highest BCUT2D eigenvalue weighted by Gasteiger charge is 2.26. The van der Waals surface area contributed by atoms with Crippen molar-refractivity contribution in [2.45, 2.75) is 65.5 Å². The van der Waals surface area contributed by atoms with Crippen LogP contribution in [0.15, 0.2) is 41.3 Å². The van der Waals surface area contributed by atoms with Gasteiger partial charge in [-0.1, -0.05) is 39.8 Å². The summed E-state index contributed by atoms with van der Waals surface area (Å²) in [5.74, 6) is -0.0101. The van der Waals surface area contributed by atoms with E-state index in [1.165, 1.54) is 11.3 Å². The van der Waals surface area contributed by atoms with Gasteiger partial charge in [0.25, 0.3) is 0 Å². The van der Waals surface area contributed by atoms with Crippen LogP contribution in [0.5, 0.6) is 5.75 Å². The number of allylic oxidation sites excluding steroid dienone is 2. The number of thiophene rings is 1. The Labute approximate surface area is 197 Å². The zero-order chi connectivity index (χ0) is 24.8. The summed E-state index contributed by atoms with van der Waals surface area (Å²) in [6.07, 6.45) is -0.467. The van der Waals surface area contributed by atoms with E-state index >= 15 is 0 Å². The minimum atomic E-state index is -4.21. The molecule has 0 aliphatic rings. The van der Waals surface area contributed by atoms with Gasteiger partial charge in [-0.2, -0.15) is 13.2 Å². The first-order valence-corrected chi connectivity index (χ1v) is 11.8. The first-order chi connectivity index (χ1) is 15.4. The molecule has 0 fully saturated rings. The Hall–Kier alpha value is -2.54. The molecule has 33 heavy (non-hydrogen) atoms. The van der Waals surface area contributed by atoms with E-state index in [9.17, 15) is 18.0 Å². The molecule has 0 radical (unpaired) electrons. The van der Waals surface area contributed by atoms with Crippen molar-refractivity contribution in [2.24, 2.45) is 0 Å². The smallest absolute Gasteiger partial charge is 0.389 e. The quantitative estimate of drug-likeness (QED) is 0.211. The SMILES string of the molecule is CC(/C=C/c1sccc1-c1cc(C(C)C)cc(C(C)C)c1OCCCC(F)(F)F)=C\C(=O)O. The molecule has 0 saturated heterocycles. The van der Waals surface area contributed by atoms with Crippen LogP contribution in [-0.4, -0.2) is 23.9 Å². The Bertz CT molecular complexity index is 1010. The van der Waals surface area contributed by atoms with Gasteiger partial charge in [0.05, 0.1) is 6.61 Å². The summed E-state index contributed by atoms with van der Waals surface area (Å²) in [7, 11) is 0. The minimum absolute atomic E-state index is 0.0248. The lowest BCUT2D eigenvalue weighted by Crippen LogP contribution is -2.11. The van der Waals surface area contributed by atoms with Crippen molar-refractivity contribution >= 4 is 23.4 Å². The first kappa shape index (κ1) is 26.7. The molecule has 0 amide bonds. The molecule has 1 aromatic heterocycles. The zero-order valence-electron chi connectivity index (χ0n) is 19.6. The molecule has 0 unspecified atom stereocenters. The van der Waals surface area contributed by atoms with E-state index in [4.69, 9.17) is 9.84 Å². The molecular weight excluding hydrogens is 449 g/mol. The van der Waals surface area contributed by atoms with Crippen LogP contribution in [0.1, 0.15) is 75.3 Å². The van der Waals surface area contributed by atoms with Crippen LogP contribution in [0, 0.1) is 0 Å². The van der Waals surface area contributed by atoms with Crippen molar-refractivity contribution in [1.29, 1.82) is 0 Å². The van der Waals surface area contributed by atoms with E-state index in [-0.39, 0.29) is 24.9 Å². The van der Waals surface area contributed by atoms with Crippen LogP contribution in [-0.2, 0) is 4.79 Å². The third-order valence-electron chi connectivity index (χ3n) is 5.11. The topological polar surface area (TPSA) is 46.5 Å². The molecule has 2 aromatic rings. The average Bonchev–Trinajstić information content (AvgIpc) is 3.16. The summed E-state index contributed by atoms with van der Waals surface area (Å²) in [5, 5.41) is 10.9. The second-order valence-electron chi connectivity index (χ2n) is 8.62. The number of ether oxygens (including phenoxy) is 1. The summed E-state index contributed by atoms with van der Waals surface area (Å²) in [6, 6.07) is 6.10. The molecule has 0 aliphatic heterocycles. The number of carboxylic acid groups (broad SMARTS) is 1. The molecule has 1 N–H and O–H groups in total. The van der Waals surface area contributed by atoms with Gasteiger partial charge in [-0.15, -0.1) is 11.3 Å². The van der Waals surface area contributed by atoms with Crippen LogP contribution in [0.4, 0.5) is 13.2 Å². The Morgan fingerprint density at radius 1 is 1.15 bits per heavy atom. The summed E-state index contributed by atoms with van der Waals surface area (Å²) >= 11 is 1.51. The maximum absolute atomic E-state index is 12.6. The Balaban J connectivity index is 2.53. The second kappa shape index (κ2) is 11.5. The third kappa shape index (κ3) is 8.07. The van der Waals surface area contributed by atoms with Crippen molar-refractivity contribution in [1.82, 2.24) is 0 Å². The number of rotatable bonds is 10. The number of carboxylic acids is 1. The standard InChI is InChI=1S/C26H31F3O3S/c1-16(2)19-14-21(17(3)4)25(32-11-6-10-26(27,28)29)22(15-19)20-9-12-33-23(20)8-7-18(5)13-24(30)31/h7-9,12-17H,6,10-11H2,1-5H3,(H,30,31)/b8-7+,18-13+. The third-order valence-corrected chi connectivity index (χ3v) is 6.00. The van der Waals surface area contributed by atoms with E-state index in [0.29, 0.717) is 11.3 Å². The van der Waals surface area contributed by atoms with Crippen LogP contribution in [0.2, 0.25) is 0 Å². The van der Waals surface area contributed by atoms with Crippen molar-refractivity contribution < 1.29 is 27.8 Å². The van der Waals surface area contributed by atoms with Gasteiger partial charge in [-0.3, -0.25) is 0 Å². The lowest BCUT2D eigenvalue weighted by Gasteiger charge is -2.21. The largest absolute Gasteiger partial charge is 0.493 e. The van der Waals surface area contributed by atoms with Gasteiger partial charge in [0, 0.05) is 28.5 Å². The molecule has 1 heterocycles. The number of alkyl halides is 3. The molecule has 1 aromatic carbocycles. The zero-order valence-corrected chi connectivity index (χ0v) is 20.4. The van der Waals surface area contributed by atoms with Gasteiger partial charge in [0.2, 0.25) is 0 Å². The summed E-state index contributed by atoms with van der Waals surface area (Å²) in [5.41, 5.74) is 4.45.